The van der Waals surface area contributed by atoms with E-state index in [0.29, 0.717) is 6.42 Å². The highest BCUT2D eigenvalue weighted by Crippen LogP contribution is 2.32. The van der Waals surface area contributed by atoms with Gasteiger partial charge in [0.15, 0.2) is 0 Å². The first-order chi connectivity index (χ1) is 12.3. The van der Waals surface area contributed by atoms with Crippen molar-refractivity contribution in [2.24, 2.45) is 5.92 Å². The van der Waals surface area contributed by atoms with E-state index in [1.165, 1.54) is 44.0 Å². The summed E-state index contributed by atoms with van der Waals surface area (Å²) in [7, 11) is 0. The molecule has 0 spiro atoms. The van der Waals surface area contributed by atoms with Crippen molar-refractivity contribution in [1.29, 1.82) is 0 Å². The second-order valence-electron chi connectivity index (χ2n) is 7.74. The standard InChI is InChI=1S/C21H29N3O/c1-2-23-15-17(14-20(23)25)21-22-18-10-6-7-11-19(18)24(21)13-12-16-8-4-3-5-9-16/h6-7,10-11,16-17H,2-5,8-9,12-15H2,1H3/t17-/m1/s1. The quantitative estimate of drug-likeness (QED) is 0.812. The molecule has 0 bridgehead atoms. The van der Waals surface area contributed by atoms with Crippen molar-refractivity contribution in [2.75, 3.05) is 13.1 Å². The molecule has 4 heteroatoms. The molecule has 0 unspecified atom stereocenters. The van der Waals surface area contributed by atoms with E-state index >= 15 is 0 Å². The first kappa shape index (κ1) is 16.6. The van der Waals surface area contributed by atoms with Gasteiger partial charge in [0.25, 0.3) is 0 Å². The lowest BCUT2D eigenvalue weighted by molar-refractivity contribution is -0.127. The molecule has 1 aliphatic heterocycles. The maximum Gasteiger partial charge on any atom is 0.223 e. The highest BCUT2D eigenvalue weighted by molar-refractivity contribution is 5.80. The van der Waals surface area contributed by atoms with Crippen LogP contribution >= 0.6 is 0 Å². The summed E-state index contributed by atoms with van der Waals surface area (Å²) in [5.41, 5.74) is 2.30. The van der Waals surface area contributed by atoms with Gasteiger partial charge in [-0.3, -0.25) is 4.79 Å². The van der Waals surface area contributed by atoms with Crippen molar-refractivity contribution in [2.45, 2.75) is 64.3 Å². The third-order valence-corrected chi connectivity index (χ3v) is 6.13. The van der Waals surface area contributed by atoms with Gasteiger partial charge in [-0.15, -0.1) is 0 Å². The maximum absolute atomic E-state index is 12.2. The van der Waals surface area contributed by atoms with Crippen LogP contribution in [0, 0.1) is 5.92 Å². The number of likely N-dealkylation sites (N-methyl/N-ethyl adjacent to an activating group) is 1. The number of likely N-dealkylation sites (tertiary alicyclic amines) is 1. The van der Waals surface area contributed by atoms with E-state index in [1.54, 1.807) is 0 Å². The molecular formula is C21H29N3O. The van der Waals surface area contributed by atoms with Gasteiger partial charge < -0.3 is 9.47 Å². The Morgan fingerprint density at radius 3 is 2.72 bits per heavy atom. The van der Waals surface area contributed by atoms with Crippen LogP contribution in [0.1, 0.15) is 63.6 Å². The van der Waals surface area contributed by atoms with E-state index in [9.17, 15) is 4.79 Å². The van der Waals surface area contributed by atoms with Crippen molar-refractivity contribution >= 4 is 16.9 Å². The van der Waals surface area contributed by atoms with E-state index < -0.39 is 0 Å². The molecule has 2 heterocycles. The van der Waals surface area contributed by atoms with Gasteiger partial charge in [0, 0.05) is 32.0 Å². The topological polar surface area (TPSA) is 38.1 Å². The Morgan fingerprint density at radius 1 is 1.16 bits per heavy atom. The lowest BCUT2D eigenvalue weighted by atomic mass is 9.87. The number of fused-ring (bicyclic) bond motifs is 1. The van der Waals surface area contributed by atoms with Gasteiger partial charge in [-0.25, -0.2) is 4.98 Å². The number of benzene rings is 1. The van der Waals surface area contributed by atoms with E-state index in [2.05, 4.69) is 35.8 Å². The number of para-hydroxylation sites is 2. The summed E-state index contributed by atoms with van der Waals surface area (Å²) in [6.45, 7) is 4.73. The molecular weight excluding hydrogens is 310 g/mol. The average Bonchev–Trinajstić information content (AvgIpc) is 3.21. The molecule has 1 saturated heterocycles. The van der Waals surface area contributed by atoms with Crippen molar-refractivity contribution in [1.82, 2.24) is 14.5 Å². The number of carbonyl (C=O) groups excluding carboxylic acids is 1. The Morgan fingerprint density at radius 2 is 1.96 bits per heavy atom. The summed E-state index contributed by atoms with van der Waals surface area (Å²) in [4.78, 5) is 19.1. The van der Waals surface area contributed by atoms with E-state index in [4.69, 9.17) is 4.98 Å². The van der Waals surface area contributed by atoms with Crippen molar-refractivity contribution < 1.29 is 4.79 Å². The van der Waals surface area contributed by atoms with Crippen LogP contribution in [0.3, 0.4) is 0 Å². The van der Waals surface area contributed by atoms with Crippen LogP contribution in [0.4, 0.5) is 0 Å². The van der Waals surface area contributed by atoms with Crippen molar-refractivity contribution in [3.63, 3.8) is 0 Å². The largest absolute Gasteiger partial charge is 0.342 e. The predicted molar refractivity (Wildman–Crippen MR) is 101 cm³/mol. The molecule has 0 N–H and O–H groups in total. The smallest absolute Gasteiger partial charge is 0.223 e. The second kappa shape index (κ2) is 7.19. The molecule has 1 aromatic heterocycles. The van der Waals surface area contributed by atoms with Gasteiger partial charge in [0.2, 0.25) is 5.91 Å². The Hall–Kier alpha value is -1.84. The summed E-state index contributed by atoms with van der Waals surface area (Å²) in [6.07, 6.45) is 8.81. The van der Waals surface area contributed by atoms with Crippen LogP contribution in [0.5, 0.6) is 0 Å². The van der Waals surface area contributed by atoms with Crippen LogP contribution in [0.25, 0.3) is 11.0 Å². The van der Waals surface area contributed by atoms with Crippen LogP contribution in [0.15, 0.2) is 24.3 Å². The molecule has 4 nitrogen and oxygen atoms in total. The fourth-order valence-electron chi connectivity index (χ4n) is 4.68. The Labute approximate surface area is 150 Å². The molecule has 25 heavy (non-hydrogen) atoms. The molecule has 1 aliphatic carbocycles. The van der Waals surface area contributed by atoms with Crippen LogP contribution in [-0.2, 0) is 11.3 Å². The predicted octanol–water partition coefficient (Wildman–Crippen LogP) is 4.34. The fourth-order valence-corrected chi connectivity index (χ4v) is 4.68. The van der Waals surface area contributed by atoms with E-state index in [-0.39, 0.29) is 11.8 Å². The van der Waals surface area contributed by atoms with Crippen LogP contribution in [0.2, 0.25) is 0 Å². The van der Waals surface area contributed by atoms with Gasteiger partial charge in [-0.2, -0.15) is 0 Å². The molecule has 2 fully saturated rings. The lowest BCUT2D eigenvalue weighted by Gasteiger charge is -2.22. The Kier molecular flexibility index (Phi) is 4.78. The van der Waals surface area contributed by atoms with Gasteiger partial charge in [0.05, 0.1) is 11.0 Å². The molecule has 2 aliphatic rings. The monoisotopic (exact) mass is 339 g/mol. The lowest BCUT2D eigenvalue weighted by Crippen LogP contribution is -2.24. The third kappa shape index (κ3) is 3.31. The summed E-state index contributed by atoms with van der Waals surface area (Å²) in [6, 6.07) is 8.44. The summed E-state index contributed by atoms with van der Waals surface area (Å²) in [5.74, 6) is 2.51. The molecule has 0 radical (unpaired) electrons. The highest BCUT2D eigenvalue weighted by atomic mass is 16.2. The Bertz CT molecular complexity index is 745. The molecule has 1 aromatic carbocycles. The number of hydrogen-bond acceptors (Lipinski definition) is 2. The van der Waals surface area contributed by atoms with Crippen molar-refractivity contribution in [3.8, 4) is 0 Å². The normalized spacial score (nSPS) is 22.2. The minimum absolute atomic E-state index is 0.242. The zero-order valence-electron chi connectivity index (χ0n) is 15.3. The van der Waals surface area contributed by atoms with E-state index in [0.717, 1.165) is 36.9 Å². The van der Waals surface area contributed by atoms with E-state index in [1.807, 2.05) is 4.90 Å². The first-order valence-corrected chi connectivity index (χ1v) is 9.99. The number of hydrogen-bond donors (Lipinski definition) is 0. The van der Waals surface area contributed by atoms with Gasteiger partial charge in [-0.05, 0) is 31.4 Å². The molecule has 1 atom stereocenters. The number of aromatic nitrogens is 2. The fraction of sp³-hybridized carbons (Fsp3) is 0.619. The average molecular weight is 339 g/mol. The SMILES string of the molecule is CCN1C[C@H](c2nc3ccccc3n2CCC2CCCCC2)CC1=O. The number of imidazole rings is 1. The third-order valence-electron chi connectivity index (χ3n) is 6.13. The molecule has 134 valence electrons. The number of amides is 1. The minimum atomic E-state index is 0.242. The van der Waals surface area contributed by atoms with Crippen LogP contribution < -0.4 is 0 Å². The molecule has 4 rings (SSSR count). The summed E-state index contributed by atoms with van der Waals surface area (Å²) in [5, 5.41) is 0. The zero-order valence-corrected chi connectivity index (χ0v) is 15.3. The summed E-state index contributed by atoms with van der Waals surface area (Å²) < 4.78 is 2.42. The first-order valence-electron chi connectivity index (χ1n) is 9.99. The highest BCUT2D eigenvalue weighted by Gasteiger charge is 2.33. The minimum Gasteiger partial charge on any atom is -0.342 e. The molecule has 2 aromatic rings. The number of rotatable bonds is 5. The number of carbonyl (C=O) groups is 1. The second-order valence-corrected chi connectivity index (χ2v) is 7.74. The zero-order chi connectivity index (χ0) is 17.2. The van der Waals surface area contributed by atoms with Crippen molar-refractivity contribution in [3.05, 3.63) is 30.1 Å². The number of nitrogens with zero attached hydrogens (tertiary/aromatic N) is 3. The number of aryl methyl sites for hydroxylation is 1. The summed E-state index contributed by atoms with van der Waals surface area (Å²) >= 11 is 0. The molecule has 1 amide bonds. The Balaban J connectivity index is 1.60. The van der Waals surface area contributed by atoms with Gasteiger partial charge in [-0.1, -0.05) is 44.2 Å². The van der Waals surface area contributed by atoms with Gasteiger partial charge in [0.1, 0.15) is 5.82 Å². The van der Waals surface area contributed by atoms with Crippen LogP contribution in [-0.4, -0.2) is 33.4 Å². The maximum atomic E-state index is 12.2. The van der Waals surface area contributed by atoms with Gasteiger partial charge >= 0.3 is 0 Å². The molecule has 1 saturated carbocycles.